The molecule has 0 saturated carbocycles. The Labute approximate surface area is 107 Å². The van der Waals surface area contributed by atoms with Crippen LogP contribution in [0.4, 0.5) is 0 Å². The van der Waals surface area contributed by atoms with Gasteiger partial charge in [0.1, 0.15) is 5.78 Å². The third kappa shape index (κ3) is 3.08. The van der Waals surface area contributed by atoms with E-state index in [9.17, 15) is 4.79 Å². The molecule has 0 spiro atoms. The number of carbonyl (C=O) groups excluding carboxylic acids is 1. The van der Waals surface area contributed by atoms with Crippen LogP contribution in [0.25, 0.3) is 0 Å². The summed E-state index contributed by atoms with van der Waals surface area (Å²) in [6.07, 6.45) is 2.55. The lowest BCUT2D eigenvalue weighted by Crippen LogP contribution is -2.44. The minimum absolute atomic E-state index is 0.208. The minimum atomic E-state index is -0.208. The van der Waals surface area contributed by atoms with E-state index in [4.69, 9.17) is 11.6 Å². The van der Waals surface area contributed by atoms with Crippen LogP contribution in [0.3, 0.4) is 0 Å². The first-order valence-electron chi connectivity index (χ1n) is 6.09. The zero-order valence-electron chi connectivity index (χ0n) is 10.1. The van der Waals surface area contributed by atoms with Gasteiger partial charge >= 0.3 is 0 Å². The fraction of sp³-hybridized carbons (Fsp3) is 0.500. The number of Topliss-reactive ketones (excluding diaryl/α,β-unsaturated/α-hetero) is 1. The number of ketones is 1. The summed E-state index contributed by atoms with van der Waals surface area (Å²) >= 11 is 5.93. The summed E-state index contributed by atoms with van der Waals surface area (Å²) in [7, 11) is 0. The SMILES string of the molecule is CC1(C(=O)Cc2cccc(Cl)c2)CCCNC1. The highest BCUT2D eigenvalue weighted by molar-refractivity contribution is 6.30. The van der Waals surface area contributed by atoms with Gasteiger partial charge in [0.05, 0.1) is 0 Å². The lowest BCUT2D eigenvalue weighted by molar-refractivity contribution is -0.128. The van der Waals surface area contributed by atoms with Crippen molar-refractivity contribution >= 4 is 17.4 Å². The Balaban J connectivity index is 2.05. The lowest BCUT2D eigenvalue weighted by Gasteiger charge is -2.32. The molecule has 1 aliphatic heterocycles. The molecular formula is C14H18ClNO. The maximum absolute atomic E-state index is 12.3. The summed E-state index contributed by atoms with van der Waals surface area (Å²) < 4.78 is 0. The van der Waals surface area contributed by atoms with Gasteiger partial charge < -0.3 is 5.32 Å². The molecule has 0 amide bonds. The Morgan fingerprint density at radius 3 is 3.00 bits per heavy atom. The second-order valence-corrected chi connectivity index (χ2v) is 5.51. The van der Waals surface area contributed by atoms with Crippen LogP contribution < -0.4 is 5.32 Å². The third-order valence-electron chi connectivity index (χ3n) is 3.52. The Kier molecular flexibility index (Phi) is 3.85. The van der Waals surface area contributed by atoms with Crippen molar-refractivity contribution in [2.45, 2.75) is 26.2 Å². The molecule has 0 bridgehead atoms. The van der Waals surface area contributed by atoms with E-state index in [0.29, 0.717) is 17.2 Å². The van der Waals surface area contributed by atoms with Gasteiger partial charge in [0, 0.05) is 23.4 Å². The second-order valence-electron chi connectivity index (χ2n) is 5.07. The van der Waals surface area contributed by atoms with Crippen molar-refractivity contribution < 1.29 is 4.79 Å². The second kappa shape index (κ2) is 5.19. The highest BCUT2D eigenvalue weighted by atomic mass is 35.5. The predicted molar refractivity (Wildman–Crippen MR) is 70.4 cm³/mol. The number of rotatable bonds is 3. The molecule has 2 nitrogen and oxygen atoms in total. The van der Waals surface area contributed by atoms with Crippen molar-refractivity contribution in [3.8, 4) is 0 Å². The van der Waals surface area contributed by atoms with Crippen LogP contribution in [0.1, 0.15) is 25.3 Å². The smallest absolute Gasteiger partial charge is 0.144 e. The van der Waals surface area contributed by atoms with Crippen molar-refractivity contribution in [1.82, 2.24) is 5.32 Å². The van der Waals surface area contributed by atoms with E-state index in [1.54, 1.807) is 0 Å². The molecule has 1 N–H and O–H groups in total. The summed E-state index contributed by atoms with van der Waals surface area (Å²) in [5, 5.41) is 4.00. The van der Waals surface area contributed by atoms with Gasteiger partial charge in [0.25, 0.3) is 0 Å². The van der Waals surface area contributed by atoms with Gasteiger partial charge in [-0.1, -0.05) is 30.7 Å². The maximum Gasteiger partial charge on any atom is 0.144 e. The zero-order valence-corrected chi connectivity index (χ0v) is 10.9. The highest BCUT2D eigenvalue weighted by Gasteiger charge is 2.33. The topological polar surface area (TPSA) is 29.1 Å². The van der Waals surface area contributed by atoms with Crippen LogP contribution in [-0.2, 0) is 11.2 Å². The fourth-order valence-electron chi connectivity index (χ4n) is 2.34. The van der Waals surface area contributed by atoms with Crippen LogP contribution in [0.2, 0.25) is 5.02 Å². The molecule has 1 fully saturated rings. The summed E-state index contributed by atoms with van der Waals surface area (Å²) in [5.74, 6) is 0.312. The fourth-order valence-corrected chi connectivity index (χ4v) is 2.55. The van der Waals surface area contributed by atoms with Crippen LogP contribution in [0.5, 0.6) is 0 Å². The summed E-state index contributed by atoms with van der Waals surface area (Å²) in [4.78, 5) is 12.3. The molecule has 0 aromatic heterocycles. The van der Waals surface area contributed by atoms with Crippen LogP contribution >= 0.6 is 11.6 Å². The van der Waals surface area contributed by atoms with Crippen molar-refractivity contribution in [1.29, 1.82) is 0 Å². The van der Waals surface area contributed by atoms with Gasteiger partial charge in [0.15, 0.2) is 0 Å². The van der Waals surface area contributed by atoms with Crippen LogP contribution in [0.15, 0.2) is 24.3 Å². The van der Waals surface area contributed by atoms with E-state index in [1.165, 1.54) is 0 Å². The van der Waals surface area contributed by atoms with Crippen molar-refractivity contribution in [2.75, 3.05) is 13.1 Å². The normalized spacial score (nSPS) is 24.6. The number of nitrogens with one attached hydrogen (secondary N) is 1. The van der Waals surface area contributed by atoms with Crippen molar-refractivity contribution in [2.24, 2.45) is 5.41 Å². The zero-order chi connectivity index (χ0) is 12.3. The molecule has 0 aliphatic carbocycles. The van der Waals surface area contributed by atoms with Crippen LogP contribution in [-0.4, -0.2) is 18.9 Å². The maximum atomic E-state index is 12.3. The Bertz CT molecular complexity index is 410. The molecular weight excluding hydrogens is 234 g/mol. The summed E-state index contributed by atoms with van der Waals surface area (Å²) in [6, 6.07) is 7.56. The standard InChI is InChI=1S/C14H18ClNO/c1-14(6-3-7-16-10-14)13(17)9-11-4-2-5-12(15)8-11/h2,4-5,8,16H,3,6-7,9-10H2,1H3. The number of hydrogen-bond donors (Lipinski definition) is 1. The minimum Gasteiger partial charge on any atom is -0.316 e. The number of hydrogen-bond acceptors (Lipinski definition) is 2. The monoisotopic (exact) mass is 251 g/mol. The largest absolute Gasteiger partial charge is 0.316 e. The lowest BCUT2D eigenvalue weighted by atomic mass is 9.77. The molecule has 3 heteroatoms. The molecule has 1 atom stereocenters. The van der Waals surface area contributed by atoms with Crippen LogP contribution in [0, 0.1) is 5.41 Å². The summed E-state index contributed by atoms with van der Waals surface area (Å²) in [5.41, 5.74) is 0.801. The van der Waals surface area contributed by atoms with E-state index in [0.717, 1.165) is 31.5 Å². The van der Waals surface area contributed by atoms with Gasteiger partial charge in [-0.15, -0.1) is 0 Å². The van der Waals surface area contributed by atoms with Crippen molar-refractivity contribution in [3.63, 3.8) is 0 Å². The van der Waals surface area contributed by atoms with Gasteiger partial charge in [-0.25, -0.2) is 0 Å². The number of halogens is 1. The quantitative estimate of drug-likeness (QED) is 0.895. The van der Waals surface area contributed by atoms with E-state index >= 15 is 0 Å². The molecule has 92 valence electrons. The number of benzene rings is 1. The Morgan fingerprint density at radius 2 is 2.35 bits per heavy atom. The van der Waals surface area contributed by atoms with E-state index in [-0.39, 0.29) is 5.41 Å². The van der Waals surface area contributed by atoms with E-state index in [1.807, 2.05) is 24.3 Å². The molecule has 1 aromatic carbocycles. The first kappa shape index (κ1) is 12.6. The highest BCUT2D eigenvalue weighted by Crippen LogP contribution is 2.28. The first-order chi connectivity index (χ1) is 8.10. The van der Waals surface area contributed by atoms with Crippen molar-refractivity contribution in [3.05, 3.63) is 34.9 Å². The molecule has 2 rings (SSSR count). The molecule has 1 unspecified atom stereocenters. The third-order valence-corrected chi connectivity index (χ3v) is 3.76. The molecule has 0 radical (unpaired) electrons. The van der Waals surface area contributed by atoms with E-state index in [2.05, 4.69) is 12.2 Å². The van der Waals surface area contributed by atoms with Gasteiger partial charge in [-0.2, -0.15) is 0 Å². The molecule has 1 saturated heterocycles. The molecule has 1 aromatic rings. The first-order valence-corrected chi connectivity index (χ1v) is 6.46. The van der Waals surface area contributed by atoms with Gasteiger partial charge in [-0.05, 0) is 37.1 Å². The van der Waals surface area contributed by atoms with Gasteiger partial charge in [-0.3, -0.25) is 4.79 Å². The average molecular weight is 252 g/mol. The average Bonchev–Trinajstić information content (AvgIpc) is 2.30. The summed E-state index contributed by atoms with van der Waals surface area (Å²) in [6.45, 7) is 3.89. The van der Waals surface area contributed by atoms with Gasteiger partial charge in [0.2, 0.25) is 0 Å². The number of piperidine rings is 1. The molecule has 1 aliphatic rings. The number of carbonyl (C=O) groups is 1. The van der Waals surface area contributed by atoms with E-state index < -0.39 is 0 Å². The molecule has 17 heavy (non-hydrogen) atoms. The molecule has 1 heterocycles. The Morgan fingerprint density at radius 1 is 1.53 bits per heavy atom. The Hall–Kier alpha value is -0.860. The predicted octanol–water partition coefficient (Wildman–Crippen LogP) is 2.84.